The van der Waals surface area contributed by atoms with E-state index < -0.39 is 0 Å². The van der Waals surface area contributed by atoms with Gasteiger partial charge in [-0.1, -0.05) is 18.2 Å². The van der Waals surface area contributed by atoms with Crippen molar-refractivity contribution >= 4 is 50.7 Å². The van der Waals surface area contributed by atoms with Crippen molar-refractivity contribution in [3.63, 3.8) is 0 Å². The summed E-state index contributed by atoms with van der Waals surface area (Å²) < 4.78 is 0. The van der Waals surface area contributed by atoms with Gasteiger partial charge in [0, 0.05) is 51.4 Å². The number of benzene rings is 3. The molecule has 9 heteroatoms. The number of aliphatic hydroxyl groups excluding tert-OH is 1. The minimum Gasteiger partial charge on any atom is -0.395 e. The van der Waals surface area contributed by atoms with E-state index in [0.29, 0.717) is 44.3 Å². The van der Waals surface area contributed by atoms with Crippen molar-refractivity contribution in [3.05, 3.63) is 107 Å². The highest BCUT2D eigenvalue weighted by Gasteiger charge is 2.14. The first-order valence-corrected chi connectivity index (χ1v) is 11.6. The molecule has 0 saturated heterocycles. The number of H-pyrrole nitrogens is 1. The fourth-order valence-electron chi connectivity index (χ4n) is 4.06. The topological polar surface area (TPSA) is 136 Å². The van der Waals surface area contributed by atoms with Crippen molar-refractivity contribution in [1.29, 1.82) is 0 Å². The van der Waals surface area contributed by atoms with Crippen molar-refractivity contribution in [1.82, 2.24) is 15.3 Å². The van der Waals surface area contributed by atoms with E-state index in [-0.39, 0.29) is 30.5 Å². The number of hydrogen-bond acceptors (Lipinski definition) is 6. The summed E-state index contributed by atoms with van der Waals surface area (Å²) in [6, 6.07) is 22.8. The number of anilines is 3. The van der Waals surface area contributed by atoms with E-state index in [4.69, 9.17) is 5.11 Å². The molecule has 5 N–H and O–H groups in total. The number of carbonyl (C=O) groups excluding carboxylic acids is 2. The molecule has 0 aliphatic carbocycles. The Kier molecular flexibility index (Phi) is 6.60. The third kappa shape index (κ3) is 5.02. The lowest BCUT2D eigenvalue weighted by atomic mass is 10.0. The summed E-state index contributed by atoms with van der Waals surface area (Å²) in [5, 5.41) is 19.5. The van der Waals surface area contributed by atoms with Gasteiger partial charge in [-0.2, -0.15) is 0 Å². The number of nitrogens with one attached hydrogen (secondary N) is 4. The van der Waals surface area contributed by atoms with Crippen molar-refractivity contribution in [2.75, 3.05) is 23.8 Å². The average Bonchev–Trinajstić information content (AvgIpc) is 2.93. The van der Waals surface area contributed by atoms with Gasteiger partial charge in [-0.05, 0) is 60.7 Å². The lowest BCUT2D eigenvalue weighted by Crippen LogP contribution is -2.26. The second-order valence-corrected chi connectivity index (χ2v) is 8.30. The van der Waals surface area contributed by atoms with Crippen LogP contribution in [0.4, 0.5) is 17.1 Å². The monoisotopic (exact) mass is 493 g/mol. The summed E-state index contributed by atoms with van der Waals surface area (Å²) in [5.41, 5.74) is 3.07. The van der Waals surface area contributed by atoms with Crippen molar-refractivity contribution in [2.24, 2.45) is 0 Å². The lowest BCUT2D eigenvalue weighted by Gasteiger charge is -2.13. The predicted molar refractivity (Wildman–Crippen MR) is 143 cm³/mol. The van der Waals surface area contributed by atoms with E-state index in [2.05, 4.69) is 25.9 Å². The predicted octanol–water partition coefficient (Wildman–Crippen LogP) is 3.79. The van der Waals surface area contributed by atoms with E-state index in [1.54, 1.807) is 54.7 Å². The maximum Gasteiger partial charge on any atom is 0.257 e. The molecule has 0 saturated carbocycles. The summed E-state index contributed by atoms with van der Waals surface area (Å²) in [5.74, 6) is -0.549. The molecule has 2 heterocycles. The van der Waals surface area contributed by atoms with Gasteiger partial charge in [0.2, 0.25) is 0 Å². The van der Waals surface area contributed by atoms with Crippen LogP contribution in [0.2, 0.25) is 0 Å². The molecule has 9 nitrogen and oxygen atoms in total. The van der Waals surface area contributed by atoms with Crippen LogP contribution in [-0.2, 0) is 0 Å². The second-order valence-electron chi connectivity index (χ2n) is 8.30. The molecule has 3 aromatic carbocycles. The van der Waals surface area contributed by atoms with Gasteiger partial charge in [0.1, 0.15) is 5.65 Å². The summed E-state index contributed by atoms with van der Waals surface area (Å²) in [4.78, 5) is 44.7. The Morgan fingerprint density at radius 3 is 2.35 bits per heavy atom. The molecular weight excluding hydrogens is 470 g/mol. The van der Waals surface area contributed by atoms with Crippen molar-refractivity contribution < 1.29 is 14.7 Å². The zero-order valence-corrected chi connectivity index (χ0v) is 19.6. The highest BCUT2D eigenvalue weighted by atomic mass is 16.3. The van der Waals surface area contributed by atoms with Gasteiger partial charge in [0.25, 0.3) is 17.4 Å². The number of rotatable bonds is 7. The van der Waals surface area contributed by atoms with Crippen LogP contribution in [0.15, 0.2) is 89.9 Å². The molecule has 2 aromatic heterocycles. The largest absolute Gasteiger partial charge is 0.395 e. The van der Waals surface area contributed by atoms with Gasteiger partial charge in [0.15, 0.2) is 0 Å². The Hall–Kier alpha value is -5.02. The normalized spacial score (nSPS) is 10.8. The molecule has 184 valence electrons. The first kappa shape index (κ1) is 23.7. The van der Waals surface area contributed by atoms with Crippen LogP contribution in [-0.4, -0.2) is 40.0 Å². The number of aliphatic hydroxyl groups is 1. The summed E-state index contributed by atoms with van der Waals surface area (Å²) >= 11 is 0. The van der Waals surface area contributed by atoms with Crippen LogP contribution >= 0.6 is 0 Å². The number of nitrogens with zero attached hydrogens (tertiary/aromatic N) is 1. The number of amides is 2. The molecule has 5 aromatic rings. The van der Waals surface area contributed by atoms with Crippen LogP contribution in [0, 0.1) is 0 Å². The molecule has 0 atom stereocenters. The quantitative estimate of drug-likeness (QED) is 0.219. The fraction of sp³-hybridized carbons (Fsp3) is 0.0714. The molecule has 0 aliphatic rings. The van der Waals surface area contributed by atoms with Crippen LogP contribution in [0.3, 0.4) is 0 Å². The van der Waals surface area contributed by atoms with E-state index in [9.17, 15) is 14.4 Å². The van der Waals surface area contributed by atoms with Crippen molar-refractivity contribution in [2.45, 2.75) is 0 Å². The molecule has 0 spiro atoms. The molecule has 0 bridgehead atoms. The summed E-state index contributed by atoms with van der Waals surface area (Å²) in [6.45, 7) is -0.0439. The van der Waals surface area contributed by atoms with Gasteiger partial charge in [-0.25, -0.2) is 4.98 Å². The maximum absolute atomic E-state index is 12.7. The zero-order chi connectivity index (χ0) is 25.8. The highest BCUT2D eigenvalue weighted by molar-refractivity contribution is 6.13. The van der Waals surface area contributed by atoms with Crippen molar-refractivity contribution in [3.8, 4) is 0 Å². The molecular formula is C28H23N5O4. The third-order valence-corrected chi connectivity index (χ3v) is 5.83. The Labute approximate surface area is 211 Å². The van der Waals surface area contributed by atoms with Crippen LogP contribution in [0.1, 0.15) is 20.7 Å². The standard InChI is InChI=1S/C28H23N5O4/c34-15-14-30-26(35)18-6-11-21-22(16-18)24-23(12-13-29-25(24)33-28(21)37)31-19-7-9-20(10-8-19)32-27(36)17-4-2-1-3-5-17/h1-13,16,34H,14-15H2,(H,30,35)(H,32,36)(H2,29,31,33,37). The molecule has 37 heavy (non-hydrogen) atoms. The summed E-state index contributed by atoms with van der Waals surface area (Å²) in [7, 11) is 0. The number of hydrogen-bond donors (Lipinski definition) is 5. The van der Waals surface area contributed by atoms with Gasteiger partial charge in [-0.15, -0.1) is 0 Å². The van der Waals surface area contributed by atoms with Crippen LogP contribution in [0.25, 0.3) is 21.8 Å². The molecule has 0 fully saturated rings. The number of fused-ring (bicyclic) bond motifs is 3. The van der Waals surface area contributed by atoms with E-state index in [1.807, 2.05) is 30.3 Å². The number of aromatic nitrogens is 2. The smallest absolute Gasteiger partial charge is 0.257 e. The van der Waals surface area contributed by atoms with Crippen LogP contribution in [0.5, 0.6) is 0 Å². The molecule has 5 rings (SSSR count). The van der Waals surface area contributed by atoms with Gasteiger partial charge < -0.3 is 26.0 Å². The molecule has 0 aliphatic heterocycles. The third-order valence-electron chi connectivity index (χ3n) is 5.83. The van der Waals surface area contributed by atoms with E-state index in [1.165, 1.54) is 0 Å². The first-order chi connectivity index (χ1) is 18.0. The number of pyridine rings is 2. The molecule has 0 radical (unpaired) electrons. The van der Waals surface area contributed by atoms with Gasteiger partial charge >= 0.3 is 0 Å². The maximum atomic E-state index is 12.7. The minimum atomic E-state index is -0.351. The molecule has 2 amide bonds. The Bertz CT molecular complexity index is 1660. The second kappa shape index (κ2) is 10.3. The Morgan fingerprint density at radius 2 is 1.59 bits per heavy atom. The Balaban J connectivity index is 1.47. The van der Waals surface area contributed by atoms with Gasteiger partial charge in [0.05, 0.1) is 12.3 Å². The average molecular weight is 494 g/mol. The minimum absolute atomic E-state index is 0.128. The Morgan fingerprint density at radius 1 is 0.838 bits per heavy atom. The summed E-state index contributed by atoms with van der Waals surface area (Å²) in [6.07, 6.45) is 1.58. The molecule has 0 unspecified atom stereocenters. The van der Waals surface area contributed by atoms with E-state index >= 15 is 0 Å². The number of carbonyl (C=O) groups is 2. The van der Waals surface area contributed by atoms with E-state index in [0.717, 1.165) is 5.69 Å². The first-order valence-electron chi connectivity index (χ1n) is 11.6. The zero-order valence-electron chi connectivity index (χ0n) is 19.6. The SMILES string of the molecule is O=C(NCCO)c1ccc2c(=O)[nH]c3nccc(Nc4ccc(NC(=O)c5ccccc5)cc4)c3c2c1. The highest BCUT2D eigenvalue weighted by Crippen LogP contribution is 2.30. The fourth-order valence-corrected chi connectivity index (χ4v) is 4.06. The van der Waals surface area contributed by atoms with Gasteiger partial charge in [-0.3, -0.25) is 14.4 Å². The number of aromatic amines is 1. The van der Waals surface area contributed by atoms with Crippen LogP contribution < -0.4 is 21.5 Å². The lowest BCUT2D eigenvalue weighted by molar-refractivity contribution is 0.0944.